The summed E-state index contributed by atoms with van der Waals surface area (Å²) in [5, 5.41) is 23.2. The number of rotatable bonds is 7. The minimum Gasteiger partial charge on any atom is -0.491 e. The summed E-state index contributed by atoms with van der Waals surface area (Å²) in [6.45, 7) is 8.70. The number of nitrogens with one attached hydrogen (secondary N) is 1. The third-order valence-electron chi connectivity index (χ3n) is 5.82. The van der Waals surface area contributed by atoms with Crippen LogP contribution in [0.1, 0.15) is 43.9 Å². The van der Waals surface area contributed by atoms with Gasteiger partial charge >= 0.3 is 0 Å². The number of piperazine rings is 1. The number of hydrogen-bond donors (Lipinski definition) is 1. The Morgan fingerprint density at radius 2 is 1.97 bits per heavy atom. The molecule has 9 nitrogen and oxygen atoms in total. The number of H-pyrrole nitrogens is 1. The second-order valence-electron chi connectivity index (χ2n) is 8.56. The SMILES string of the molecule is CC(C)Oc1cc(N2CCN(Cc3cccnn3)CC2)c(-c2nn[nH]n2)cc1C1CC1. The van der Waals surface area contributed by atoms with Gasteiger partial charge in [0.05, 0.1) is 17.5 Å². The largest absolute Gasteiger partial charge is 0.491 e. The first-order valence-corrected chi connectivity index (χ1v) is 11.0. The summed E-state index contributed by atoms with van der Waals surface area (Å²) < 4.78 is 6.23. The van der Waals surface area contributed by atoms with E-state index < -0.39 is 0 Å². The molecule has 0 atom stereocenters. The molecule has 9 heteroatoms. The topological polar surface area (TPSA) is 96.0 Å². The maximum Gasteiger partial charge on any atom is 0.206 e. The van der Waals surface area contributed by atoms with Crippen molar-refractivity contribution in [2.24, 2.45) is 0 Å². The molecule has 2 aromatic heterocycles. The first-order chi connectivity index (χ1) is 15.2. The van der Waals surface area contributed by atoms with Crippen LogP contribution in [0.2, 0.25) is 0 Å². The van der Waals surface area contributed by atoms with Gasteiger partial charge in [-0.15, -0.1) is 10.2 Å². The number of nitrogens with zero attached hydrogens (tertiary/aromatic N) is 7. The lowest BCUT2D eigenvalue weighted by atomic mass is 10.0. The Morgan fingerprint density at radius 1 is 1.13 bits per heavy atom. The molecule has 3 aromatic rings. The van der Waals surface area contributed by atoms with Crippen molar-refractivity contribution in [2.75, 3.05) is 31.1 Å². The number of tetrazole rings is 1. The van der Waals surface area contributed by atoms with Gasteiger partial charge in [-0.2, -0.15) is 15.4 Å². The first-order valence-electron chi connectivity index (χ1n) is 11.0. The van der Waals surface area contributed by atoms with Gasteiger partial charge in [-0.1, -0.05) is 0 Å². The first kappa shape index (κ1) is 19.9. The van der Waals surface area contributed by atoms with Crippen LogP contribution in [-0.4, -0.2) is 68.0 Å². The van der Waals surface area contributed by atoms with Gasteiger partial charge in [0.25, 0.3) is 0 Å². The maximum atomic E-state index is 6.23. The van der Waals surface area contributed by atoms with Gasteiger partial charge in [0.1, 0.15) is 5.75 Å². The lowest BCUT2D eigenvalue weighted by Crippen LogP contribution is -2.46. The van der Waals surface area contributed by atoms with Crippen LogP contribution < -0.4 is 9.64 Å². The Hall–Kier alpha value is -3.07. The van der Waals surface area contributed by atoms with Crippen LogP contribution in [0, 0.1) is 0 Å². The highest BCUT2D eigenvalue weighted by Crippen LogP contribution is 2.48. The Bertz CT molecular complexity index is 996. The fourth-order valence-corrected chi connectivity index (χ4v) is 4.17. The molecular weight excluding hydrogens is 392 g/mol. The van der Waals surface area contributed by atoms with Gasteiger partial charge in [-0.25, -0.2) is 0 Å². The van der Waals surface area contributed by atoms with Crippen LogP contribution >= 0.6 is 0 Å². The van der Waals surface area contributed by atoms with E-state index >= 15 is 0 Å². The summed E-state index contributed by atoms with van der Waals surface area (Å²) in [6.07, 6.45) is 4.26. The van der Waals surface area contributed by atoms with E-state index in [0.29, 0.717) is 11.7 Å². The van der Waals surface area contributed by atoms with Crippen molar-refractivity contribution < 1.29 is 4.74 Å². The van der Waals surface area contributed by atoms with Gasteiger partial charge in [0.15, 0.2) is 0 Å². The van der Waals surface area contributed by atoms with Crippen molar-refractivity contribution in [3.63, 3.8) is 0 Å². The van der Waals surface area contributed by atoms with E-state index in [1.54, 1.807) is 6.20 Å². The standard InChI is InChI=1S/C22H28N8O/c1-15(2)31-21-13-20(19(22-25-27-28-26-22)12-18(21)16-5-6-16)30-10-8-29(9-11-30)14-17-4-3-7-23-24-17/h3-4,7,12-13,15-16H,5-6,8-11,14H2,1-2H3,(H,25,26,27,28). The van der Waals surface area contributed by atoms with Crippen LogP contribution in [0.15, 0.2) is 30.5 Å². The average molecular weight is 421 g/mol. The zero-order valence-electron chi connectivity index (χ0n) is 18.0. The molecule has 1 aliphatic carbocycles. The number of benzene rings is 1. The molecule has 0 bridgehead atoms. The van der Waals surface area contributed by atoms with Crippen molar-refractivity contribution in [3.05, 3.63) is 41.7 Å². The molecule has 0 unspecified atom stereocenters. The molecule has 1 saturated carbocycles. The molecular formula is C22H28N8O. The van der Waals surface area contributed by atoms with Crippen LogP contribution in [0.3, 0.4) is 0 Å². The molecule has 3 heterocycles. The summed E-state index contributed by atoms with van der Waals surface area (Å²) in [5.74, 6) is 2.19. The summed E-state index contributed by atoms with van der Waals surface area (Å²) in [5.41, 5.74) is 4.40. The quantitative estimate of drug-likeness (QED) is 0.623. The summed E-state index contributed by atoms with van der Waals surface area (Å²) in [6, 6.07) is 8.38. The predicted molar refractivity (Wildman–Crippen MR) is 117 cm³/mol. The number of aromatic amines is 1. The Labute approximate surface area is 181 Å². The van der Waals surface area contributed by atoms with E-state index in [-0.39, 0.29) is 6.10 Å². The zero-order chi connectivity index (χ0) is 21.2. The van der Waals surface area contributed by atoms with Gasteiger partial charge in [-0.3, -0.25) is 4.90 Å². The fraction of sp³-hybridized carbons (Fsp3) is 0.500. The van der Waals surface area contributed by atoms with Crippen LogP contribution in [0.25, 0.3) is 11.4 Å². The predicted octanol–water partition coefficient (Wildman–Crippen LogP) is 2.64. The Kier molecular flexibility index (Phi) is 5.50. The van der Waals surface area contributed by atoms with E-state index in [0.717, 1.165) is 55.4 Å². The molecule has 0 spiro atoms. The minimum absolute atomic E-state index is 0.130. The number of ether oxygens (including phenoxy) is 1. The van der Waals surface area contributed by atoms with E-state index in [2.05, 4.69) is 66.6 Å². The Balaban J connectivity index is 1.41. The van der Waals surface area contributed by atoms with Crippen molar-refractivity contribution in [1.29, 1.82) is 0 Å². The maximum absolute atomic E-state index is 6.23. The van der Waals surface area contributed by atoms with E-state index in [1.807, 2.05) is 12.1 Å². The van der Waals surface area contributed by atoms with Crippen molar-refractivity contribution in [2.45, 2.75) is 45.3 Å². The highest BCUT2D eigenvalue weighted by atomic mass is 16.5. The normalized spacial score (nSPS) is 17.3. The van der Waals surface area contributed by atoms with E-state index in [4.69, 9.17) is 4.74 Å². The molecule has 1 aliphatic heterocycles. The number of hydrogen-bond acceptors (Lipinski definition) is 8. The van der Waals surface area contributed by atoms with Crippen LogP contribution in [-0.2, 0) is 6.54 Å². The van der Waals surface area contributed by atoms with Gasteiger partial charge in [0, 0.05) is 50.6 Å². The number of anilines is 1. The van der Waals surface area contributed by atoms with Crippen molar-refractivity contribution >= 4 is 5.69 Å². The third kappa shape index (κ3) is 4.51. The average Bonchev–Trinajstić information content (AvgIpc) is 3.48. The minimum atomic E-state index is 0.130. The third-order valence-corrected chi connectivity index (χ3v) is 5.82. The van der Waals surface area contributed by atoms with Crippen LogP contribution in [0.4, 0.5) is 5.69 Å². The smallest absolute Gasteiger partial charge is 0.206 e. The molecule has 0 amide bonds. The van der Waals surface area contributed by atoms with E-state index in [1.165, 1.54) is 18.4 Å². The molecule has 1 saturated heterocycles. The van der Waals surface area contributed by atoms with Gasteiger partial charge in [-0.05, 0) is 61.6 Å². The van der Waals surface area contributed by atoms with Crippen molar-refractivity contribution in [3.8, 4) is 17.1 Å². The molecule has 2 aliphatic rings. The second kappa shape index (κ2) is 8.58. The Morgan fingerprint density at radius 3 is 2.61 bits per heavy atom. The van der Waals surface area contributed by atoms with Gasteiger partial charge < -0.3 is 9.64 Å². The lowest BCUT2D eigenvalue weighted by Gasteiger charge is -2.37. The molecule has 2 fully saturated rings. The zero-order valence-corrected chi connectivity index (χ0v) is 18.0. The van der Waals surface area contributed by atoms with Gasteiger partial charge in [0.2, 0.25) is 5.82 Å². The summed E-state index contributed by atoms with van der Waals surface area (Å²) in [7, 11) is 0. The molecule has 31 heavy (non-hydrogen) atoms. The molecule has 162 valence electrons. The highest BCUT2D eigenvalue weighted by Gasteiger charge is 2.31. The van der Waals surface area contributed by atoms with Crippen LogP contribution in [0.5, 0.6) is 5.75 Å². The molecule has 1 aromatic carbocycles. The molecule has 5 rings (SSSR count). The molecule has 1 N–H and O–H groups in total. The lowest BCUT2D eigenvalue weighted by molar-refractivity contribution is 0.239. The summed E-state index contributed by atoms with van der Waals surface area (Å²) >= 11 is 0. The highest BCUT2D eigenvalue weighted by molar-refractivity contribution is 5.77. The second-order valence-corrected chi connectivity index (χ2v) is 8.56. The van der Waals surface area contributed by atoms with E-state index in [9.17, 15) is 0 Å². The summed E-state index contributed by atoms with van der Waals surface area (Å²) in [4.78, 5) is 4.82. The molecule has 0 radical (unpaired) electrons. The monoisotopic (exact) mass is 420 g/mol. The number of aromatic nitrogens is 6. The fourth-order valence-electron chi connectivity index (χ4n) is 4.17. The van der Waals surface area contributed by atoms with Crippen molar-refractivity contribution in [1.82, 2.24) is 35.7 Å².